The molecule has 0 bridgehead atoms. The minimum atomic E-state index is 0.0136. The molecule has 8 heteroatoms. The molecule has 6 nitrogen and oxygen atoms in total. The van der Waals surface area contributed by atoms with Gasteiger partial charge >= 0.3 is 0 Å². The SMILES string of the molecule is CC(Sc1n[nH]c(CCC2CCCC2)n1)c1nnc(-c2cccs2)o1. The molecule has 0 saturated heterocycles. The van der Waals surface area contributed by atoms with Crippen molar-refractivity contribution < 1.29 is 4.42 Å². The van der Waals surface area contributed by atoms with Crippen LogP contribution in [0.15, 0.2) is 27.1 Å². The number of hydrogen-bond donors (Lipinski definition) is 1. The van der Waals surface area contributed by atoms with E-state index in [0.717, 1.165) is 28.2 Å². The van der Waals surface area contributed by atoms with Gasteiger partial charge in [-0.25, -0.2) is 4.98 Å². The molecule has 1 N–H and O–H groups in total. The summed E-state index contributed by atoms with van der Waals surface area (Å²) in [6, 6.07) is 3.95. The zero-order valence-electron chi connectivity index (χ0n) is 14.1. The summed E-state index contributed by atoms with van der Waals surface area (Å²) in [5.41, 5.74) is 0. The van der Waals surface area contributed by atoms with E-state index in [9.17, 15) is 0 Å². The van der Waals surface area contributed by atoms with E-state index in [-0.39, 0.29) is 5.25 Å². The normalized spacial score (nSPS) is 16.5. The molecular weight excluding hydrogens is 354 g/mol. The van der Waals surface area contributed by atoms with Crippen LogP contribution in [0.5, 0.6) is 0 Å². The smallest absolute Gasteiger partial charge is 0.257 e. The van der Waals surface area contributed by atoms with E-state index in [1.807, 2.05) is 24.4 Å². The summed E-state index contributed by atoms with van der Waals surface area (Å²) in [6.45, 7) is 2.03. The lowest BCUT2D eigenvalue weighted by Gasteiger charge is -2.05. The molecule has 3 aromatic rings. The van der Waals surface area contributed by atoms with Crippen LogP contribution in [0.3, 0.4) is 0 Å². The van der Waals surface area contributed by atoms with Crippen LogP contribution in [0.25, 0.3) is 10.8 Å². The van der Waals surface area contributed by atoms with Crippen LogP contribution in [0.2, 0.25) is 0 Å². The first-order valence-electron chi connectivity index (χ1n) is 8.73. The van der Waals surface area contributed by atoms with Gasteiger partial charge < -0.3 is 4.42 Å². The lowest BCUT2D eigenvalue weighted by molar-refractivity contribution is 0.497. The highest BCUT2D eigenvalue weighted by molar-refractivity contribution is 7.99. The first-order valence-corrected chi connectivity index (χ1v) is 10.5. The monoisotopic (exact) mass is 375 g/mol. The first kappa shape index (κ1) is 16.8. The highest BCUT2D eigenvalue weighted by Crippen LogP contribution is 2.34. The molecular formula is C17H21N5OS2. The molecule has 3 heterocycles. The molecule has 1 aliphatic carbocycles. The first-order chi connectivity index (χ1) is 12.3. The second-order valence-electron chi connectivity index (χ2n) is 6.44. The Morgan fingerprint density at radius 1 is 1.36 bits per heavy atom. The molecule has 0 aromatic carbocycles. The van der Waals surface area contributed by atoms with Crippen molar-refractivity contribution in [1.82, 2.24) is 25.4 Å². The molecule has 1 atom stereocenters. The average Bonchev–Trinajstić information content (AvgIpc) is 3.40. The standard InChI is InChI=1S/C17H21N5OS2/c1-11(15-20-21-16(23-15)13-7-4-10-24-13)25-17-18-14(19-22-17)9-8-12-5-2-3-6-12/h4,7,10-12H,2-3,5-6,8-9H2,1H3,(H,18,19,22). The zero-order chi connectivity index (χ0) is 17.1. The Kier molecular flexibility index (Phi) is 5.17. The van der Waals surface area contributed by atoms with E-state index < -0.39 is 0 Å². The maximum atomic E-state index is 5.79. The highest BCUT2D eigenvalue weighted by Gasteiger charge is 2.19. The van der Waals surface area contributed by atoms with Crippen LogP contribution in [-0.4, -0.2) is 25.4 Å². The third kappa shape index (κ3) is 4.12. The Bertz CT molecular complexity index is 792. The molecule has 3 aromatic heterocycles. The Balaban J connectivity index is 1.34. The van der Waals surface area contributed by atoms with Crippen molar-refractivity contribution in [2.45, 2.75) is 55.9 Å². The molecule has 132 valence electrons. The van der Waals surface area contributed by atoms with Gasteiger partial charge in [-0.1, -0.05) is 43.5 Å². The summed E-state index contributed by atoms with van der Waals surface area (Å²) in [5.74, 6) is 3.02. The topological polar surface area (TPSA) is 80.5 Å². The molecule has 0 radical (unpaired) electrons. The third-order valence-corrected chi connectivity index (χ3v) is 6.38. The van der Waals surface area contributed by atoms with E-state index >= 15 is 0 Å². The number of aromatic amines is 1. The minimum absolute atomic E-state index is 0.0136. The van der Waals surface area contributed by atoms with E-state index in [2.05, 4.69) is 25.4 Å². The van der Waals surface area contributed by atoms with E-state index in [4.69, 9.17) is 4.42 Å². The fourth-order valence-electron chi connectivity index (χ4n) is 3.19. The second-order valence-corrected chi connectivity index (χ2v) is 8.69. The molecule has 1 aliphatic rings. The molecule has 1 saturated carbocycles. The predicted octanol–water partition coefficient (Wildman–Crippen LogP) is 4.89. The lowest BCUT2D eigenvalue weighted by atomic mass is 10.0. The fourth-order valence-corrected chi connectivity index (χ4v) is 4.61. The molecule has 1 fully saturated rings. The van der Waals surface area contributed by atoms with E-state index in [1.165, 1.54) is 43.9 Å². The van der Waals surface area contributed by atoms with Gasteiger partial charge in [0.25, 0.3) is 5.89 Å². The summed E-state index contributed by atoms with van der Waals surface area (Å²) in [7, 11) is 0. The van der Waals surface area contributed by atoms with E-state index in [1.54, 1.807) is 11.3 Å². The van der Waals surface area contributed by atoms with Gasteiger partial charge in [0.15, 0.2) is 0 Å². The fraction of sp³-hybridized carbons (Fsp3) is 0.529. The molecule has 0 amide bonds. The number of H-pyrrole nitrogens is 1. The number of nitrogens with zero attached hydrogens (tertiary/aromatic N) is 4. The molecule has 0 aliphatic heterocycles. The van der Waals surface area contributed by atoms with Crippen LogP contribution >= 0.6 is 23.1 Å². The van der Waals surface area contributed by atoms with Crippen LogP contribution < -0.4 is 0 Å². The highest BCUT2D eigenvalue weighted by atomic mass is 32.2. The summed E-state index contributed by atoms with van der Waals surface area (Å²) < 4.78 is 5.79. The summed E-state index contributed by atoms with van der Waals surface area (Å²) in [5, 5.41) is 18.4. The van der Waals surface area contributed by atoms with Gasteiger partial charge in [-0.15, -0.1) is 26.6 Å². The summed E-state index contributed by atoms with van der Waals surface area (Å²) in [4.78, 5) is 5.59. The van der Waals surface area contributed by atoms with Crippen LogP contribution in [0.4, 0.5) is 0 Å². The molecule has 4 rings (SSSR count). The maximum Gasteiger partial charge on any atom is 0.257 e. The van der Waals surface area contributed by atoms with Gasteiger partial charge in [-0.05, 0) is 30.7 Å². The number of hydrogen-bond acceptors (Lipinski definition) is 7. The van der Waals surface area contributed by atoms with Gasteiger partial charge in [0, 0.05) is 6.42 Å². The van der Waals surface area contributed by atoms with Crippen molar-refractivity contribution in [3.8, 4) is 10.8 Å². The number of nitrogens with one attached hydrogen (secondary N) is 1. The molecule has 0 spiro atoms. The minimum Gasteiger partial charge on any atom is -0.419 e. The van der Waals surface area contributed by atoms with Crippen LogP contribution in [0, 0.1) is 5.92 Å². The summed E-state index contributed by atoms with van der Waals surface area (Å²) in [6.07, 6.45) is 7.71. The van der Waals surface area contributed by atoms with Crippen molar-refractivity contribution in [3.05, 3.63) is 29.2 Å². The van der Waals surface area contributed by atoms with Crippen molar-refractivity contribution >= 4 is 23.1 Å². The average molecular weight is 376 g/mol. The van der Waals surface area contributed by atoms with Crippen molar-refractivity contribution in [1.29, 1.82) is 0 Å². The van der Waals surface area contributed by atoms with Crippen molar-refractivity contribution in [3.63, 3.8) is 0 Å². The number of aryl methyl sites for hydroxylation is 1. The number of aromatic nitrogens is 5. The van der Waals surface area contributed by atoms with Crippen molar-refractivity contribution in [2.24, 2.45) is 5.92 Å². The molecule has 1 unspecified atom stereocenters. The quantitative estimate of drug-likeness (QED) is 0.592. The Morgan fingerprint density at radius 2 is 2.24 bits per heavy atom. The van der Waals surface area contributed by atoms with Gasteiger partial charge in [-0.3, -0.25) is 5.10 Å². The Morgan fingerprint density at radius 3 is 3.04 bits per heavy atom. The Hall–Kier alpha value is -1.67. The lowest BCUT2D eigenvalue weighted by Crippen LogP contribution is -1.97. The Labute approximate surface area is 154 Å². The number of thiophene rings is 1. The zero-order valence-corrected chi connectivity index (χ0v) is 15.8. The number of rotatable bonds is 7. The van der Waals surface area contributed by atoms with Gasteiger partial charge in [-0.2, -0.15) is 0 Å². The van der Waals surface area contributed by atoms with Crippen LogP contribution in [0.1, 0.15) is 56.0 Å². The second kappa shape index (κ2) is 7.70. The largest absolute Gasteiger partial charge is 0.419 e. The summed E-state index contributed by atoms with van der Waals surface area (Å²) >= 11 is 3.13. The van der Waals surface area contributed by atoms with Gasteiger partial charge in [0.1, 0.15) is 5.82 Å². The third-order valence-electron chi connectivity index (χ3n) is 4.58. The number of thioether (sulfide) groups is 1. The maximum absolute atomic E-state index is 5.79. The predicted molar refractivity (Wildman–Crippen MR) is 98.5 cm³/mol. The van der Waals surface area contributed by atoms with Crippen LogP contribution in [-0.2, 0) is 6.42 Å². The van der Waals surface area contributed by atoms with Gasteiger partial charge in [0.05, 0.1) is 10.1 Å². The van der Waals surface area contributed by atoms with E-state index in [0.29, 0.717) is 11.8 Å². The molecule has 25 heavy (non-hydrogen) atoms. The van der Waals surface area contributed by atoms with Gasteiger partial charge in [0.2, 0.25) is 11.0 Å². The van der Waals surface area contributed by atoms with Crippen molar-refractivity contribution in [2.75, 3.05) is 0 Å².